The minimum absolute atomic E-state index is 0.794. The van der Waals surface area contributed by atoms with E-state index in [2.05, 4.69) is 35.4 Å². The summed E-state index contributed by atoms with van der Waals surface area (Å²) in [5.74, 6) is 0. The molecule has 0 aliphatic rings. The molecule has 0 spiro atoms. The van der Waals surface area contributed by atoms with Gasteiger partial charge in [-0.2, -0.15) is 5.10 Å². The fourth-order valence-electron chi connectivity index (χ4n) is 1.92. The van der Waals surface area contributed by atoms with Crippen molar-refractivity contribution in [2.75, 3.05) is 13.6 Å². The Hall–Kier alpha value is -1.32. The van der Waals surface area contributed by atoms with Crippen molar-refractivity contribution in [2.45, 2.75) is 13.0 Å². The molecule has 0 aliphatic carbocycles. The van der Waals surface area contributed by atoms with E-state index in [1.165, 1.54) is 11.1 Å². The van der Waals surface area contributed by atoms with Crippen LogP contribution in [0.4, 0.5) is 0 Å². The van der Waals surface area contributed by atoms with Crippen molar-refractivity contribution in [3.8, 4) is 0 Å². The maximum atomic E-state index is 5.86. The number of halogens is 1. The van der Waals surface area contributed by atoms with Crippen LogP contribution in [0.25, 0.3) is 0 Å². The van der Waals surface area contributed by atoms with E-state index in [4.69, 9.17) is 11.6 Å². The van der Waals surface area contributed by atoms with Gasteiger partial charge in [-0.3, -0.25) is 4.68 Å². The molecule has 4 heteroatoms. The molecule has 0 aliphatic heterocycles. The highest BCUT2D eigenvalue weighted by molar-refractivity contribution is 6.30. The van der Waals surface area contributed by atoms with E-state index in [9.17, 15) is 0 Å². The first-order valence-corrected chi connectivity index (χ1v) is 6.42. The molecule has 96 valence electrons. The van der Waals surface area contributed by atoms with Crippen molar-refractivity contribution in [1.82, 2.24) is 14.7 Å². The van der Waals surface area contributed by atoms with E-state index in [0.29, 0.717) is 0 Å². The lowest BCUT2D eigenvalue weighted by Crippen LogP contribution is -2.20. The van der Waals surface area contributed by atoms with Gasteiger partial charge in [0.1, 0.15) is 0 Å². The highest BCUT2D eigenvalue weighted by atomic mass is 35.5. The summed E-state index contributed by atoms with van der Waals surface area (Å²) < 4.78 is 1.84. The van der Waals surface area contributed by atoms with Gasteiger partial charge < -0.3 is 4.90 Å². The van der Waals surface area contributed by atoms with Crippen LogP contribution in [0.2, 0.25) is 5.02 Å². The van der Waals surface area contributed by atoms with Gasteiger partial charge in [-0.15, -0.1) is 0 Å². The Labute approximate surface area is 113 Å². The highest BCUT2D eigenvalue weighted by Crippen LogP contribution is 2.10. The number of aryl methyl sites for hydroxylation is 1. The molecule has 0 amide bonds. The van der Waals surface area contributed by atoms with E-state index in [-0.39, 0.29) is 0 Å². The molecule has 0 radical (unpaired) electrons. The number of hydrogen-bond donors (Lipinski definition) is 0. The van der Waals surface area contributed by atoms with E-state index in [1.807, 2.05) is 30.1 Å². The lowest BCUT2D eigenvalue weighted by Gasteiger charge is -2.15. The standard InChI is InChI=1S/C14H18ClN3/c1-17(10-13-9-16-18(2)11-13)8-7-12-3-5-14(15)6-4-12/h3-6,9,11H,7-8,10H2,1-2H3. The third kappa shape index (κ3) is 3.86. The third-order valence-corrected chi connectivity index (χ3v) is 3.16. The van der Waals surface area contributed by atoms with Crippen molar-refractivity contribution < 1.29 is 0 Å². The molecule has 1 aromatic carbocycles. The SMILES string of the molecule is CN(CCc1ccc(Cl)cc1)Cc1cnn(C)c1. The van der Waals surface area contributed by atoms with Crippen LogP contribution >= 0.6 is 11.6 Å². The molecule has 0 atom stereocenters. The highest BCUT2D eigenvalue weighted by Gasteiger charge is 2.02. The molecule has 0 N–H and O–H groups in total. The number of benzene rings is 1. The van der Waals surface area contributed by atoms with Crippen LogP contribution < -0.4 is 0 Å². The zero-order valence-corrected chi connectivity index (χ0v) is 11.6. The normalized spacial score (nSPS) is 11.1. The Bertz CT molecular complexity index is 490. The summed E-state index contributed by atoms with van der Waals surface area (Å²) in [7, 11) is 4.07. The Kier molecular flexibility index (Phi) is 4.39. The minimum Gasteiger partial charge on any atom is -0.302 e. The van der Waals surface area contributed by atoms with Crippen molar-refractivity contribution >= 4 is 11.6 Å². The van der Waals surface area contributed by atoms with Gasteiger partial charge in [0.15, 0.2) is 0 Å². The Morgan fingerprint density at radius 2 is 1.94 bits per heavy atom. The van der Waals surface area contributed by atoms with Crippen LogP contribution in [0.5, 0.6) is 0 Å². The monoisotopic (exact) mass is 263 g/mol. The van der Waals surface area contributed by atoms with E-state index in [1.54, 1.807) is 0 Å². The first kappa shape index (κ1) is 13.1. The summed E-state index contributed by atoms with van der Waals surface area (Å²) in [6, 6.07) is 8.05. The van der Waals surface area contributed by atoms with Crippen LogP contribution in [-0.4, -0.2) is 28.3 Å². The summed E-state index contributed by atoms with van der Waals surface area (Å²) >= 11 is 5.86. The molecular weight excluding hydrogens is 246 g/mol. The molecule has 0 unspecified atom stereocenters. The zero-order chi connectivity index (χ0) is 13.0. The lowest BCUT2D eigenvalue weighted by molar-refractivity contribution is 0.331. The number of aromatic nitrogens is 2. The van der Waals surface area contributed by atoms with E-state index < -0.39 is 0 Å². The van der Waals surface area contributed by atoms with Gasteiger partial charge in [-0.05, 0) is 31.2 Å². The summed E-state index contributed by atoms with van der Waals surface area (Å²) in [5, 5.41) is 4.97. The van der Waals surface area contributed by atoms with Crippen LogP contribution in [0.1, 0.15) is 11.1 Å². The zero-order valence-electron chi connectivity index (χ0n) is 10.8. The molecular formula is C14H18ClN3. The van der Waals surface area contributed by atoms with E-state index >= 15 is 0 Å². The molecule has 18 heavy (non-hydrogen) atoms. The second kappa shape index (κ2) is 6.03. The number of likely N-dealkylation sites (N-methyl/N-ethyl adjacent to an activating group) is 1. The molecule has 2 aromatic rings. The largest absolute Gasteiger partial charge is 0.302 e. The van der Waals surface area contributed by atoms with Gasteiger partial charge in [0.2, 0.25) is 0 Å². The quantitative estimate of drug-likeness (QED) is 0.827. The molecule has 3 nitrogen and oxygen atoms in total. The van der Waals surface area contributed by atoms with Gasteiger partial charge >= 0.3 is 0 Å². The van der Waals surface area contributed by atoms with Gasteiger partial charge in [0, 0.05) is 36.9 Å². The Balaban J connectivity index is 1.81. The predicted molar refractivity (Wildman–Crippen MR) is 74.7 cm³/mol. The number of hydrogen-bond acceptors (Lipinski definition) is 2. The molecule has 1 aromatic heterocycles. The molecule has 0 saturated carbocycles. The first-order valence-electron chi connectivity index (χ1n) is 6.04. The maximum Gasteiger partial charge on any atom is 0.0534 e. The summed E-state index contributed by atoms with van der Waals surface area (Å²) in [4.78, 5) is 2.30. The fourth-order valence-corrected chi connectivity index (χ4v) is 2.04. The van der Waals surface area contributed by atoms with Crippen LogP contribution in [0, 0.1) is 0 Å². The maximum absolute atomic E-state index is 5.86. The average Bonchev–Trinajstić information content (AvgIpc) is 2.74. The molecule has 0 fully saturated rings. The second-order valence-electron chi connectivity index (χ2n) is 4.64. The average molecular weight is 264 g/mol. The summed E-state index contributed by atoms with van der Waals surface area (Å²) in [6.07, 6.45) is 5.01. The summed E-state index contributed by atoms with van der Waals surface area (Å²) in [6.45, 7) is 1.96. The number of nitrogens with zero attached hydrogens (tertiary/aromatic N) is 3. The predicted octanol–water partition coefficient (Wildman–Crippen LogP) is 2.75. The molecule has 0 saturated heterocycles. The van der Waals surface area contributed by atoms with Gasteiger partial charge in [0.25, 0.3) is 0 Å². The van der Waals surface area contributed by atoms with Crippen LogP contribution in [0.3, 0.4) is 0 Å². The molecule has 2 rings (SSSR count). The van der Waals surface area contributed by atoms with Crippen molar-refractivity contribution in [3.05, 3.63) is 52.8 Å². The second-order valence-corrected chi connectivity index (χ2v) is 5.07. The smallest absolute Gasteiger partial charge is 0.0534 e. The number of rotatable bonds is 5. The topological polar surface area (TPSA) is 21.1 Å². The fraction of sp³-hybridized carbons (Fsp3) is 0.357. The van der Waals surface area contributed by atoms with Crippen molar-refractivity contribution in [1.29, 1.82) is 0 Å². The molecule has 0 bridgehead atoms. The minimum atomic E-state index is 0.794. The van der Waals surface area contributed by atoms with Crippen LogP contribution in [-0.2, 0) is 20.0 Å². The third-order valence-electron chi connectivity index (χ3n) is 2.91. The first-order chi connectivity index (χ1) is 8.63. The van der Waals surface area contributed by atoms with Crippen molar-refractivity contribution in [3.63, 3.8) is 0 Å². The van der Waals surface area contributed by atoms with E-state index in [0.717, 1.165) is 24.5 Å². The lowest BCUT2D eigenvalue weighted by atomic mass is 10.1. The van der Waals surface area contributed by atoms with Crippen LogP contribution in [0.15, 0.2) is 36.7 Å². The Morgan fingerprint density at radius 1 is 1.22 bits per heavy atom. The van der Waals surface area contributed by atoms with Gasteiger partial charge in [-0.25, -0.2) is 0 Å². The van der Waals surface area contributed by atoms with Gasteiger partial charge in [-0.1, -0.05) is 23.7 Å². The summed E-state index contributed by atoms with van der Waals surface area (Å²) in [5.41, 5.74) is 2.56. The van der Waals surface area contributed by atoms with Gasteiger partial charge in [0.05, 0.1) is 6.20 Å². The Morgan fingerprint density at radius 3 is 2.56 bits per heavy atom. The van der Waals surface area contributed by atoms with Crippen molar-refractivity contribution in [2.24, 2.45) is 7.05 Å². The molecule has 1 heterocycles.